The fraction of sp³-hybridized carbons (Fsp3) is 0.118. The number of halogens is 1. The lowest BCUT2D eigenvalue weighted by Crippen LogP contribution is -2.22. The number of nitriles is 1. The van der Waals surface area contributed by atoms with Crippen LogP contribution in [0.4, 0.5) is 5.69 Å². The van der Waals surface area contributed by atoms with Crippen molar-refractivity contribution in [3.05, 3.63) is 58.6 Å². The minimum Gasteiger partial charge on any atom is -0.452 e. The summed E-state index contributed by atoms with van der Waals surface area (Å²) >= 11 is 5.92. The van der Waals surface area contributed by atoms with Crippen LogP contribution in [-0.2, 0) is 19.6 Å². The molecule has 0 radical (unpaired) electrons. The summed E-state index contributed by atoms with van der Waals surface area (Å²) in [7, 11) is -2.55. The van der Waals surface area contributed by atoms with E-state index in [9.17, 15) is 18.0 Å². The van der Waals surface area contributed by atoms with Crippen molar-refractivity contribution in [2.45, 2.75) is 4.90 Å². The number of para-hydroxylation sites is 1. The maximum Gasteiger partial charge on any atom is 0.340 e. The van der Waals surface area contributed by atoms with Gasteiger partial charge in [-0.25, -0.2) is 17.9 Å². The maximum absolute atomic E-state index is 12.2. The molecule has 0 unspecified atom stereocenters. The number of sulfonamides is 1. The van der Waals surface area contributed by atoms with Crippen LogP contribution in [0.2, 0.25) is 5.02 Å². The average Bonchev–Trinajstić information content (AvgIpc) is 2.66. The first-order valence-corrected chi connectivity index (χ1v) is 9.34. The van der Waals surface area contributed by atoms with E-state index >= 15 is 0 Å². The monoisotopic (exact) mass is 407 g/mol. The van der Waals surface area contributed by atoms with Crippen LogP contribution >= 0.6 is 11.6 Å². The summed E-state index contributed by atoms with van der Waals surface area (Å²) in [6.45, 7) is -0.641. The highest BCUT2D eigenvalue weighted by atomic mass is 35.5. The lowest BCUT2D eigenvalue weighted by Gasteiger charge is -2.09. The smallest absolute Gasteiger partial charge is 0.340 e. The van der Waals surface area contributed by atoms with Crippen LogP contribution < -0.4 is 10.0 Å². The lowest BCUT2D eigenvalue weighted by atomic mass is 10.2. The number of amides is 1. The van der Waals surface area contributed by atoms with Gasteiger partial charge in [0.25, 0.3) is 5.91 Å². The van der Waals surface area contributed by atoms with Crippen molar-refractivity contribution in [2.24, 2.45) is 0 Å². The van der Waals surface area contributed by atoms with E-state index in [0.29, 0.717) is 0 Å². The molecular weight excluding hydrogens is 394 g/mol. The Balaban J connectivity index is 2.09. The topological polar surface area (TPSA) is 125 Å². The van der Waals surface area contributed by atoms with Crippen molar-refractivity contribution in [1.82, 2.24) is 4.72 Å². The number of esters is 1. The number of carbonyl (C=O) groups is 2. The number of benzene rings is 2. The number of nitrogens with one attached hydrogen (secondary N) is 2. The Morgan fingerprint density at radius 1 is 1.22 bits per heavy atom. The number of nitrogens with zero attached hydrogens (tertiary/aromatic N) is 1. The second-order valence-corrected chi connectivity index (χ2v) is 7.42. The number of anilines is 1. The summed E-state index contributed by atoms with van der Waals surface area (Å²) in [5.74, 6) is -1.63. The third kappa shape index (κ3) is 5.04. The summed E-state index contributed by atoms with van der Waals surface area (Å²) in [5, 5.41) is 11.4. The number of ether oxygens (including phenoxy) is 1. The molecule has 2 aromatic carbocycles. The SMILES string of the molecule is CNS(=O)(=O)c1ccc(Cl)c(C(=O)OCC(=O)Nc2ccccc2C#N)c1. The van der Waals surface area contributed by atoms with E-state index in [1.807, 2.05) is 6.07 Å². The van der Waals surface area contributed by atoms with Gasteiger partial charge in [0.1, 0.15) is 6.07 Å². The number of hydrogen-bond acceptors (Lipinski definition) is 6. The third-order valence-electron chi connectivity index (χ3n) is 3.39. The molecule has 2 aromatic rings. The summed E-state index contributed by atoms with van der Waals surface area (Å²) in [4.78, 5) is 23.9. The molecule has 0 bridgehead atoms. The van der Waals surface area contributed by atoms with Crippen LogP contribution in [0.15, 0.2) is 47.4 Å². The Hall–Kier alpha value is -2.93. The zero-order chi connectivity index (χ0) is 20.0. The molecule has 0 fully saturated rings. The Morgan fingerprint density at radius 2 is 1.93 bits per heavy atom. The second kappa shape index (κ2) is 8.64. The first-order valence-electron chi connectivity index (χ1n) is 7.47. The highest BCUT2D eigenvalue weighted by Gasteiger charge is 2.19. The molecule has 2 rings (SSSR count). The Morgan fingerprint density at radius 3 is 2.59 bits per heavy atom. The van der Waals surface area contributed by atoms with Crippen molar-refractivity contribution in [1.29, 1.82) is 5.26 Å². The van der Waals surface area contributed by atoms with Crippen molar-refractivity contribution in [3.8, 4) is 6.07 Å². The molecule has 140 valence electrons. The molecular formula is C17H14ClN3O5S. The zero-order valence-electron chi connectivity index (χ0n) is 14.0. The largest absolute Gasteiger partial charge is 0.452 e. The first kappa shape index (κ1) is 20.4. The summed E-state index contributed by atoms with van der Waals surface area (Å²) in [6, 6.07) is 11.8. The molecule has 0 saturated heterocycles. The molecule has 0 saturated carbocycles. The Kier molecular flexibility index (Phi) is 6.52. The van der Waals surface area contributed by atoms with Gasteiger partial charge in [-0.3, -0.25) is 4.79 Å². The zero-order valence-corrected chi connectivity index (χ0v) is 15.6. The minimum absolute atomic E-state index is 0.0229. The minimum atomic E-state index is -3.78. The van der Waals surface area contributed by atoms with Gasteiger partial charge in [-0.1, -0.05) is 23.7 Å². The van der Waals surface area contributed by atoms with Crippen LogP contribution in [0, 0.1) is 11.3 Å². The van der Waals surface area contributed by atoms with E-state index in [2.05, 4.69) is 10.0 Å². The van der Waals surface area contributed by atoms with E-state index in [1.165, 1.54) is 31.3 Å². The molecule has 0 aromatic heterocycles. The van der Waals surface area contributed by atoms with E-state index in [0.717, 1.165) is 6.07 Å². The number of hydrogen-bond donors (Lipinski definition) is 2. The highest BCUT2D eigenvalue weighted by Crippen LogP contribution is 2.21. The van der Waals surface area contributed by atoms with E-state index < -0.39 is 28.5 Å². The van der Waals surface area contributed by atoms with Crippen LogP contribution in [0.3, 0.4) is 0 Å². The van der Waals surface area contributed by atoms with Gasteiger partial charge in [0.15, 0.2) is 6.61 Å². The maximum atomic E-state index is 12.2. The van der Waals surface area contributed by atoms with Crippen LogP contribution in [0.25, 0.3) is 0 Å². The van der Waals surface area contributed by atoms with Crippen LogP contribution in [0.1, 0.15) is 15.9 Å². The van der Waals surface area contributed by atoms with Gasteiger partial charge < -0.3 is 10.1 Å². The van der Waals surface area contributed by atoms with Gasteiger partial charge in [-0.2, -0.15) is 5.26 Å². The van der Waals surface area contributed by atoms with Crippen molar-refractivity contribution in [3.63, 3.8) is 0 Å². The molecule has 0 aliphatic heterocycles. The Labute approximate surface area is 160 Å². The van der Waals surface area contributed by atoms with Crippen molar-refractivity contribution >= 4 is 39.2 Å². The Bertz CT molecular complexity index is 1030. The van der Waals surface area contributed by atoms with E-state index in [1.54, 1.807) is 12.1 Å². The van der Waals surface area contributed by atoms with Crippen LogP contribution in [0.5, 0.6) is 0 Å². The van der Waals surface area contributed by atoms with E-state index in [-0.39, 0.29) is 26.7 Å². The van der Waals surface area contributed by atoms with Crippen LogP contribution in [-0.4, -0.2) is 33.9 Å². The van der Waals surface area contributed by atoms with Gasteiger partial charge in [-0.05, 0) is 37.4 Å². The standard InChI is InChI=1S/C17H14ClN3O5S/c1-20-27(24,25)12-6-7-14(18)13(8-12)17(23)26-10-16(22)21-15-5-3-2-4-11(15)9-19/h2-8,20H,10H2,1H3,(H,21,22). The lowest BCUT2D eigenvalue weighted by molar-refractivity contribution is -0.119. The molecule has 8 nitrogen and oxygen atoms in total. The van der Waals surface area contributed by atoms with Gasteiger partial charge in [0.05, 0.1) is 26.7 Å². The summed E-state index contributed by atoms with van der Waals surface area (Å²) in [6.07, 6.45) is 0. The predicted molar refractivity (Wildman–Crippen MR) is 97.8 cm³/mol. The van der Waals surface area contributed by atoms with Gasteiger partial charge >= 0.3 is 5.97 Å². The van der Waals surface area contributed by atoms with E-state index in [4.69, 9.17) is 21.6 Å². The van der Waals surface area contributed by atoms with Gasteiger partial charge in [0, 0.05) is 0 Å². The normalized spacial score (nSPS) is 10.7. The van der Waals surface area contributed by atoms with Gasteiger partial charge in [0.2, 0.25) is 10.0 Å². The first-order chi connectivity index (χ1) is 12.8. The predicted octanol–water partition coefficient (Wildman–Crippen LogP) is 1.92. The van der Waals surface area contributed by atoms with Gasteiger partial charge in [-0.15, -0.1) is 0 Å². The molecule has 0 atom stereocenters. The van der Waals surface area contributed by atoms with Crippen molar-refractivity contribution < 1.29 is 22.7 Å². The summed E-state index contributed by atoms with van der Waals surface area (Å²) in [5.41, 5.74) is 0.338. The summed E-state index contributed by atoms with van der Waals surface area (Å²) < 4.78 is 30.6. The quantitative estimate of drug-likeness (QED) is 0.704. The number of rotatable bonds is 6. The number of carbonyl (C=O) groups excluding carboxylic acids is 2. The molecule has 10 heteroatoms. The molecule has 0 heterocycles. The molecule has 0 aliphatic rings. The molecule has 2 N–H and O–H groups in total. The molecule has 27 heavy (non-hydrogen) atoms. The molecule has 1 amide bonds. The third-order valence-corrected chi connectivity index (χ3v) is 5.13. The highest BCUT2D eigenvalue weighted by molar-refractivity contribution is 7.89. The fourth-order valence-corrected chi connectivity index (χ4v) is 2.98. The second-order valence-electron chi connectivity index (χ2n) is 5.13. The fourth-order valence-electron chi connectivity index (χ4n) is 2.03. The molecule has 0 aliphatic carbocycles. The van der Waals surface area contributed by atoms with Crippen molar-refractivity contribution in [2.75, 3.05) is 19.0 Å². The molecule has 0 spiro atoms. The average molecular weight is 408 g/mol.